The van der Waals surface area contributed by atoms with Gasteiger partial charge in [-0.15, -0.1) is 0 Å². The number of hydrogen-bond donors (Lipinski definition) is 24. The number of carbonyl (C=O) groups excluding carboxylic acids is 3. The van der Waals surface area contributed by atoms with Crippen molar-refractivity contribution in [2.24, 2.45) is 0 Å². The van der Waals surface area contributed by atoms with Gasteiger partial charge in [-0.25, -0.2) is 9.59 Å². The fourth-order valence-electron chi connectivity index (χ4n) is 11.0. The Balaban J connectivity index is 1.43. The van der Waals surface area contributed by atoms with Crippen molar-refractivity contribution in [2.45, 2.75) is 229 Å². The molecule has 32 unspecified atom stereocenters. The second-order valence-electron chi connectivity index (χ2n) is 21.9. The van der Waals surface area contributed by atoms with Crippen LogP contribution in [0.2, 0.25) is 0 Å². The average molecular weight is 1290 g/mol. The number of hydrogen-bond acceptors (Lipinski definition) is 35. The largest absolute Gasteiger partial charge is 0.477 e. The van der Waals surface area contributed by atoms with Crippen LogP contribution in [0.3, 0.4) is 0 Å². The van der Waals surface area contributed by atoms with Gasteiger partial charge in [0, 0.05) is 33.6 Å². The highest BCUT2D eigenvalue weighted by molar-refractivity contribution is 5.77. The summed E-state index contributed by atoms with van der Waals surface area (Å²) >= 11 is 0. The van der Waals surface area contributed by atoms with Crippen LogP contribution >= 0.6 is 0 Å². The third-order valence-electron chi connectivity index (χ3n) is 15.6. The minimum Gasteiger partial charge on any atom is -0.477 e. The van der Waals surface area contributed by atoms with Crippen molar-refractivity contribution in [3.8, 4) is 0 Å². The van der Waals surface area contributed by atoms with Crippen molar-refractivity contribution in [3.63, 3.8) is 0 Å². The number of carbonyl (C=O) groups is 5. The number of carboxylic acids is 2. The highest BCUT2D eigenvalue weighted by Gasteiger charge is 2.63. The van der Waals surface area contributed by atoms with Gasteiger partial charge in [0.2, 0.25) is 17.7 Å². The predicted octanol–water partition coefficient (Wildman–Crippen LogP) is -15.3. The highest BCUT2D eigenvalue weighted by Crippen LogP contribution is 2.41. The van der Waals surface area contributed by atoms with Gasteiger partial charge in [0.05, 0.1) is 63.9 Å². The Hall–Kier alpha value is -3.85. The van der Waals surface area contributed by atoms with E-state index in [2.05, 4.69) is 16.0 Å². The number of aliphatic hydroxyl groups excluding tert-OH is 19. The van der Waals surface area contributed by atoms with E-state index >= 15 is 0 Å². The Labute approximate surface area is 496 Å². The molecule has 32 atom stereocenters. The number of aliphatic hydroxyl groups is 19. The summed E-state index contributed by atoms with van der Waals surface area (Å²) in [6.45, 7) is -4.43. The van der Waals surface area contributed by atoms with Gasteiger partial charge < -0.3 is 175 Å². The zero-order valence-electron chi connectivity index (χ0n) is 46.9. The van der Waals surface area contributed by atoms with Crippen molar-refractivity contribution in [2.75, 3.05) is 39.6 Å². The Morgan fingerprint density at radius 3 is 1.32 bits per heavy atom. The number of nitrogens with one attached hydrogen (secondary N) is 3. The molecule has 40 heteroatoms. The smallest absolute Gasteiger partial charge is 0.364 e. The molecule has 6 aliphatic heterocycles. The summed E-state index contributed by atoms with van der Waals surface area (Å²) in [5.74, 6) is -13.7. The molecular formula is C48H79N3O37. The lowest BCUT2D eigenvalue weighted by Gasteiger charge is -2.52. The molecule has 0 aromatic rings. The van der Waals surface area contributed by atoms with Gasteiger partial charge in [-0.3, -0.25) is 14.4 Å². The topological polar surface area (TPSA) is 648 Å². The Kier molecular flexibility index (Phi) is 25.6. The highest BCUT2D eigenvalue weighted by atomic mass is 16.8. The lowest BCUT2D eigenvalue weighted by molar-refractivity contribution is -0.391. The molecule has 6 heterocycles. The summed E-state index contributed by atoms with van der Waals surface area (Å²) in [4.78, 5) is 64.1. The van der Waals surface area contributed by atoms with E-state index in [1.807, 2.05) is 0 Å². The summed E-state index contributed by atoms with van der Waals surface area (Å²) < 4.78 is 63.1. The average Bonchev–Trinajstić information content (AvgIpc) is 1.01. The minimum absolute atomic E-state index is 0.854. The number of amides is 3. The van der Waals surface area contributed by atoms with Crippen LogP contribution in [0.4, 0.5) is 0 Å². The summed E-state index contributed by atoms with van der Waals surface area (Å²) in [5.41, 5.74) is 0. The van der Waals surface area contributed by atoms with E-state index in [9.17, 15) is 131 Å². The van der Waals surface area contributed by atoms with Gasteiger partial charge in [-0.2, -0.15) is 0 Å². The number of aliphatic carboxylic acids is 2. The summed E-state index contributed by atoms with van der Waals surface area (Å²) in [5, 5.41) is 234. The van der Waals surface area contributed by atoms with E-state index in [0.29, 0.717) is 0 Å². The lowest BCUT2D eigenvalue weighted by Crippen LogP contribution is -2.72. The van der Waals surface area contributed by atoms with Crippen molar-refractivity contribution in [3.05, 3.63) is 0 Å². The van der Waals surface area contributed by atoms with Crippen LogP contribution in [0.5, 0.6) is 0 Å². The van der Waals surface area contributed by atoms with E-state index in [4.69, 9.17) is 52.1 Å². The SMILES string of the molecule is CC(=O)NC1C(O)CC(OCC2OC(OC3C(O)C(CO)OC(OC4C(CO)OC(O)C(O)C4O)C3O)C(NC(C)=O)C(OC3OC(CO)C(O)C(OC4(C(=O)O)CC(O)C(NC(C)=O)C(C(O)C(O)CO)O4)C3O)C2O)(C(=O)O)OC1C(O)C(O)CO. The zero-order valence-corrected chi connectivity index (χ0v) is 46.9. The molecule has 0 spiro atoms. The van der Waals surface area contributed by atoms with Crippen LogP contribution in [-0.4, -0.2) is 372 Å². The number of ether oxygens (including phenoxy) is 11. The van der Waals surface area contributed by atoms with Gasteiger partial charge in [-0.1, -0.05) is 0 Å². The van der Waals surface area contributed by atoms with E-state index < -0.39 is 277 Å². The summed E-state index contributed by atoms with van der Waals surface area (Å²) in [6.07, 6.45) is -62.1. The van der Waals surface area contributed by atoms with E-state index in [1.165, 1.54) is 0 Å². The second kappa shape index (κ2) is 30.7. The van der Waals surface area contributed by atoms with Crippen LogP contribution < -0.4 is 16.0 Å². The molecular weight excluding hydrogens is 1210 g/mol. The first kappa shape index (κ1) is 73.2. The maximum absolute atomic E-state index is 13.3. The molecule has 508 valence electrons. The van der Waals surface area contributed by atoms with Crippen LogP contribution in [-0.2, 0) is 76.1 Å². The molecule has 24 N–H and O–H groups in total. The third kappa shape index (κ3) is 15.8. The van der Waals surface area contributed by atoms with Crippen molar-refractivity contribution >= 4 is 29.7 Å². The van der Waals surface area contributed by atoms with Gasteiger partial charge in [0.15, 0.2) is 25.2 Å². The standard InChI is InChI=1S/C48H79N3O37/c1-12(57)49-23-15(60)4-47(45(74)75,86-37(23)26(64)17(62)6-52)78-11-22-30(68)36(25(51-14(3)59)42(82-22)85-39-28(66)19(8-54)80-43(33(39)71)83-35-21(10-56)79-41(73)32(70)31(35)69)84-44-34(72)40(29(67)20(9-55)81-44)88-48(46(76)77)5-16(61)24(50-13(2)58)38(87-48)27(65)18(63)7-53/h15-44,52-56,60-73H,4-11H2,1-3H3,(H,49,57)(H,50,58)(H,51,59)(H,74,75)(H,76,77). The predicted molar refractivity (Wildman–Crippen MR) is 268 cm³/mol. The van der Waals surface area contributed by atoms with E-state index in [0.717, 1.165) is 20.8 Å². The van der Waals surface area contributed by atoms with Gasteiger partial charge in [0.1, 0.15) is 134 Å². The fourth-order valence-corrected chi connectivity index (χ4v) is 11.0. The fraction of sp³-hybridized carbons (Fsp3) is 0.896. The molecule has 0 aliphatic carbocycles. The van der Waals surface area contributed by atoms with Crippen LogP contribution in [0, 0.1) is 0 Å². The van der Waals surface area contributed by atoms with Crippen LogP contribution in [0.1, 0.15) is 33.6 Å². The van der Waals surface area contributed by atoms with Crippen molar-refractivity contribution < 1.29 is 183 Å². The number of carboxylic acid groups (broad SMARTS) is 2. The molecule has 0 radical (unpaired) electrons. The maximum Gasteiger partial charge on any atom is 0.364 e. The zero-order chi connectivity index (χ0) is 65.8. The first-order valence-corrected chi connectivity index (χ1v) is 27.4. The van der Waals surface area contributed by atoms with E-state index in [-0.39, 0.29) is 0 Å². The monoisotopic (exact) mass is 1290 g/mol. The Morgan fingerprint density at radius 1 is 0.466 bits per heavy atom. The molecule has 88 heavy (non-hydrogen) atoms. The second-order valence-corrected chi connectivity index (χ2v) is 21.9. The van der Waals surface area contributed by atoms with Gasteiger partial charge >= 0.3 is 11.9 Å². The molecule has 6 rings (SSSR count). The molecule has 3 amide bonds. The molecule has 0 aromatic carbocycles. The normalized spacial score (nSPS) is 44.6. The summed E-state index contributed by atoms with van der Waals surface area (Å²) in [6, 6.07) is -5.63. The third-order valence-corrected chi connectivity index (χ3v) is 15.6. The van der Waals surface area contributed by atoms with Gasteiger partial charge in [0.25, 0.3) is 11.6 Å². The Bertz CT molecular complexity index is 2320. The molecule has 6 fully saturated rings. The van der Waals surface area contributed by atoms with Crippen LogP contribution in [0.15, 0.2) is 0 Å². The molecule has 6 saturated heterocycles. The molecule has 6 aliphatic rings. The van der Waals surface area contributed by atoms with Crippen molar-refractivity contribution in [1.29, 1.82) is 0 Å². The quantitative estimate of drug-likeness (QED) is 0.0404. The molecule has 40 nitrogen and oxygen atoms in total. The van der Waals surface area contributed by atoms with E-state index in [1.54, 1.807) is 0 Å². The minimum atomic E-state index is -3.34. The lowest BCUT2D eigenvalue weighted by atomic mass is 9.88. The molecule has 0 bridgehead atoms. The molecule has 0 aromatic heterocycles. The maximum atomic E-state index is 13.3. The Morgan fingerprint density at radius 2 is 0.864 bits per heavy atom. The van der Waals surface area contributed by atoms with Gasteiger partial charge in [-0.05, 0) is 0 Å². The van der Waals surface area contributed by atoms with Crippen LogP contribution in [0.25, 0.3) is 0 Å². The molecule has 0 saturated carbocycles. The first-order chi connectivity index (χ1) is 41.2. The number of rotatable bonds is 25. The summed E-state index contributed by atoms with van der Waals surface area (Å²) in [7, 11) is 0. The van der Waals surface area contributed by atoms with Crippen molar-refractivity contribution in [1.82, 2.24) is 16.0 Å². The first-order valence-electron chi connectivity index (χ1n) is 27.4.